The van der Waals surface area contributed by atoms with Crippen molar-refractivity contribution >= 4 is 74.8 Å². The third-order valence-electron chi connectivity index (χ3n) is 9.81. The summed E-state index contributed by atoms with van der Waals surface area (Å²) in [5.74, 6) is 0. The standard InChI is InChI=1S/C41H58Br2O2S3/c1-5-9-13-17-21-30-25-34(26-35(30)36-27-32(40(42)46-36)23-19-15-11-7-3)38-29-31(22-18-14-10-6-2)39(48(38,44)45)37-28-33(41(43)47-37)24-20-16-12-8-4/h25,27-29H,5-24,26H2,1-4H3. The third kappa shape index (κ3) is 10.7. The normalized spacial score (nSPS) is 16.0. The fraction of sp³-hybridized carbons (Fsp3) is 0.610. The summed E-state index contributed by atoms with van der Waals surface area (Å²) in [5, 5.41) is 0. The highest BCUT2D eigenvalue weighted by Gasteiger charge is 2.38. The molecule has 0 saturated heterocycles. The highest BCUT2D eigenvalue weighted by Crippen LogP contribution is 2.50. The number of hydrogen-bond donors (Lipinski definition) is 0. The van der Waals surface area contributed by atoms with E-state index in [4.69, 9.17) is 0 Å². The predicted octanol–water partition coefficient (Wildman–Crippen LogP) is 15.3. The fourth-order valence-electron chi connectivity index (χ4n) is 6.99. The molecule has 2 aromatic heterocycles. The first-order valence-corrected chi connectivity index (χ1v) is 23.6. The number of hydrogen-bond acceptors (Lipinski definition) is 4. The third-order valence-corrected chi connectivity index (χ3v) is 15.9. The summed E-state index contributed by atoms with van der Waals surface area (Å²) in [5.41, 5.74) is 7.33. The number of unbranched alkanes of at least 4 members (excludes halogenated alkanes) is 12. The fourth-order valence-corrected chi connectivity index (χ4v) is 12.9. The lowest BCUT2D eigenvalue weighted by Crippen LogP contribution is -2.04. The zero-order valence-electron chi connectivity index (χ0n) is 30.0. The minimum Gasteiger partial charge on any atom is -0.218 e. The van der Waals surface area contributed by atoms with Crippen LogP contribution in [-0.2, 0) is 22.7 Å². The SMILES string of the molecule is CCCCCCC1=C(c2cc(CCCCCC)c(Br)s2)CC(C2=CC(CCCCCC)=C(c3cc(CCCCCC)c(Br)s3)S2(=O)=O)=C1. The van der Waals surface area contributed by atoms with Gasteiger partial charge in [-0.1, -0.05) is 111 Å². The largest absolute Gasteiger partial charge is 0.218 e. The van der Waals surface area contributed by atoms with Crippen LogP contribution >= 0.6 is 54.5 Å². The summed E-state index contributed by atoms with van der Waals surface area (Å²) >= 11 is 11.2. The van der Waals surface area contributed by atoms with E-state index in [0.717, 1.165) is 71.2 Å². The highest BCUT2D eigenvalue weighted by atomic mass is 79.9. The molecule has 0 atom stereocenters. The smallest absolute Gasteiger partial charge is 0.208 e. The van der Waals surface area contributed by atoms with Crippen LogP contribution in [0.15, 0.2) is 53.5 Å². The Bertz CT molecular complexity index is 1580. The topological polar surface area (TPSA) is 34.1 Å². The molecule has 0 bridgehead atoms. The molecule has 0 amide bonds. The van der Waals surface area contributed by atoms with Crippen molar-refractivity contribution in [2.75, 3.05) is 0 Å². The van der Waals surface area contributed by atoms with Gasteiger partial charge in [0.1, 0.15) is 0 Å². The molecule has 0 saturated carbocycles. The van der Waals surface area contributed by atoms with Crippen molar-refractivity contribution in [3.63, 3.8) is 0 Å². The number of halogens is 2. The van der Waals surface area contributed by atoms with E-state index in [-0.39, 0.29) is 0 Å². The monoisotopic (exact) mass is 836 g/mol. The predicted molar refractivity (Wildman–Crippen MR) is 221 cm³/mol. The Morgan fingerprint density at radius 3 is 1.56 bits per heavy atom. The van der Waals surface area contributed by atoms with Crippen LogP contribution < -0.4 is 0 Å². The van der Waals surface area contributed by atoms with Gasteiger partial charge in [-0.2, -0.15) is 0 Å². The number of thiophene rings is 2. The van der Waals surface area contributed by atoms with E-state index in [1.165, 1.54) is 108 Å². The maximum absolute atomic E-state index is 14.7. The molecule has 2 aromatic rings. The number of allylic oxidation sites excluding steroid dienone is 6. The lowest BCUT2D eigenvalue weighted by atomic mass is 10.0. The molecule has 266 valence electrons. The van der Waals surface area contributed by atoms with Crippen molar-refractivity contribution in [1.29, 1.82) is 0 Å². The second-order valence-corrected chi connectivity index (χ2v) is 20.4. The van der Waals surface area contributed by atoms with Crippen LogP contribution in [0.4, 0.5) is 0 Å². The zero-order chi connectivity index (χ0) is 34.5. The van der Waals surface area contributed by atoms with Gasteiger partial charge >= 0.3 is 0 Å². The number of sulfone groups is 1. The van der Waals surface area contributed by atoms with Crippen LogP contribution in [0.1, 0.15) is 171 Å². The molecule has 0 spiro atoms. The van der Waals surface area contributed by atoms with Gasteiger partial charge in [-0.15, -0.1) is 22.7 Å². The molecule has 0 unspecified atom stereocenters. The van der Waals surface area contributed by atoms with Gasteiger partial charge in [0, 0.05) is 16.2 Å². The second kappa shape index (κ2) is 20.3. The van der Waals surface area contributed by atoms with Crippen LogP contribution in [0.3, 0.4) is 0 Å². The van der Waals surface area contributed by atoms with Gasteiger partial charge in [-0.25, -0.2) is 8.42 Å². The molecule has 0 radical (unpaired) electrons. The molecule has 1 aliphatic carbocycles. The molecule has 0 fully saturated rings. The molecule has 4 rings (SSSR count). The first-order chi connectivity index (χ1) is 23.2. The molecule has 48 heavy (non-hydrogen) atoms. The van der Waals surface area contributed by atoms with Crippen LogP contribution in [0, 0.1) is 0 Å². The van der Waals surface area contributed by atoms with Crippen LogP contribution in [-0.4, -0.2) is 8.42 Å². The van der Waals surface area contributed by atoms with Crippen molar-refractivity contribution in [2.24, 2.45) is 0 Å². The molecule has 3 heterocycles. The van der Waals surface area contributed by atoms with E-state index in [1.807, 2.05) is 11.3 Å². The Morgan fingerprint density at radius 2 is 1.04 bits per heavy atom. The van der Waals surface area contributed by atoms with Gasteiger partial charge in [0.25, 0.3) is 0 Å². The molecule has 0 aromatic carbocycles. The van der Waals surface area contributed by atoms with Gasteiger partial charge < -0.3 is 0 Å². The van der Waals surface area contributed by atoms with Crippen molar-refractivity contribution in [1.82, 2.24) is 0 Å². The van der Waals surface area contributed by atoms with Crippen molar-refractivity contribution in [3.8, 4) is 0 Å². The molecule has 2 nitrogen and oxygen atoms in total. The average Bonchev–Trinajstić information content (AvgIpc) is 3.81. The van der Waals surface area contributed by atoms with Gasteiger partial charge in [0.2, 0.25) is 9.84 Å². The quantitative estimate of drug-likeness (QED) is 0.105. The summed E-state index contributed by atoms with van der Waals surface area (Å²) in [6.45, 7) is 8.99. The Balaban J connectivity index is 1.64. The Hall–Kier alpha value is -0.730. The first kappa shape index (κ1) is 40.0. The summed E-state index contributed by atoms with van der Waals surface area (Å²) < 4.78 is 31.7. The lowest BCUT2D eigenvalue weighted by Gasteiger charge is -2.09. The summed E-state index contributed by atoms with van der Waals surface area (Å²) in [7, 11) is -3.64. The van der Waals surface area contributed by atoms with E-state index >= 15 is 0 Å². The summed E-state index contributed by atoms with van der Waals surface area (Å²) in [6.07, 6.45) is 28.2. The van der Waals surface area contributed by atoms with Gasteiger partial charge in [0.15, 0.2) is 0 Å². The van der Waals surface area contributed by atoms with Crippen molar-refractivity contribution < 1.29 is 8.42 Å². The highest BCUT2D eigenvalue weighted by molar-refractivity contribution is 9.11. The van der Waals surface area contributed by atoms with Crippen LogP contribution in [0.5, 0.6) is 0 Å². The number of rotatable bonds is 23. The molecular formula is C41H58Br2O2S3. The van der Waals surface area contributed by atoms with Crippen LogP contribution in [0.25, 0.3) is 10.5 Å². The first-order valence-electron chi connectivity index (χ1n) is 18.9. The Kier molecular flexibility index (Phi) is 17.0. The number of aryl methyl sites for hydroxylation is 2. The van der Waals surface area contributed by atoms with E-state index in [9.17, 15) is 8.42 Å². The van der Waals surface area contributed by atoms with E-state index in [2.05, 4.69) is 83.8 Å². The van der Waals surface area contributed by atoms with E-state index < -0.39 is 9.84 Å². The van der Waals surface area contributed by atoms with E-state index in [0.29, 0.717) is 16.2 Å². The minimum atomic E-state index is -3.64. The van der Waals surface area contributed by atoms with Crippen molar-refractivity contribution in [3.05, 3.63) is 74.4 Å². The maximum Gasteiger partial charge on any atom is 0.208 e. The van der Waals surface area contributed by atoms with Gasteiger partial charge in [-0.3, -0.25) is 0 Å². The van der Waals surface area contributed by atoms with Gasteiger partial charge in [0.05, 0.1) is 17.4 Å². The summed E-state index contributed by atoms with van der Waals surface area (Å²) in [6, 6.07) is 4.57. The Morgan fingerprint density at radius 1 is 0.583 bits per heavy atom. The zero-order valence-corrected chi connectivity index (χ0v) is 35.6. The minimum absolute atomic E-state index is 0.550. The molecular weight excluding hydrogens is 780 g/mol. The Labute approximate surface area is 317 Å². The average molecular weight is 839 g/mol. The van der Waals surface area contributed by atoms with Gasteiger partial charge in [-0.05, 0) is 135 Å². The van der Waals surface area contributed by atoms with E-state index in [1.54, 1.807) is 11.3 Å². The maximum atomic E-state index is 14.7. The molecule has 0 N–H and O–H groups in total. The second-order valence-electron chi connectivity index (χ2n) is 13.8. The molecule has 1 aliphatic heterocycles. The molecule has 2 aliphatic rings. The molecule has 7 heteroatoms. The summed E-state index contributed by atoms with van der Waals surface area (Å²) in [4.78, 5) is 3.34. The van der Waals surface area contributed by atoms with Crippen molar-refractivity contribution in [2.45, 2.75) is 163 Å². The lowest BCUT2D eigenvalue weighted by molar-refractivity contribution is 0.612. The van der Waals surface area contributed by atoms with Crippen LogP contribution in [0.2, 0.25) is 0 Å².